The molecule has 0 radical (unpaired) electrons. The zero-order valence-corrected chi connectivity index (χ0v) is 15.8. The standard InChI is InChI=1S/C21H18ClNO2S/c1-15-7-13-19(14-8-15)26(24,25)23-20(16-5-3-2-4-6-16)21(23)17-9-11-18(22)12-10-17/h2-14,20-21H,1H3/t20-,21-,23?/m1/s1. The predicted molar refractivity (Wildman–Crippen MR) is 104 cm³/mol. The largest absolute Gasteiger partial charge is 0.244 e. The van der Waals surface area contributed by atoms with Crippen molar-refractivity contribution in [3.63, 3.8) is 0 Å². The zero-order chi connectivity index (χ0) is 18.3. The second-order valence-corrected chi connectivity index (χ2v) is 8.78. The van der Waals surface area contributed by atoms with Crippen LogP contribution in [0.5, 0.6) is 0 Å². The minimum Gasteiger partial charge on any atom is -0.207 e. The van der Waals surface area contributed by atoms with Crippen LogP contribution in [-0.2, 0) is 10.0 Å². The lowest BCUT2D eigenvalue weighted by Gasteiger charge is -2.07. The minimum absolute atomic E-state index is 0.205. The number of halogens is 1. The van der Waals surface area contributed by atoms with Gasteiger partial charge in [-0.15, -0.1) is 0 Å². The Morgan fingerprint density at radius 2 is 1.31 bits per heavy atom. The fourth-order valence-electron chi connectivity index (χ4n) is 3.31. The number of benzene rings is 3. The average Bonchev–Trinajstić information content (AvgIpc) is 3.40. The van der Waals surface area contributed by atoms with Crippen LogP contribution in [0.15, 0.2) is 83.8 Å². The molecule has 3 nitrogen and oxygen atoms in total. The van der Waals surface area contributed by atoms with Crippen molar-refractivity contribution >= 4 is 21.6 Å². The van der Waals surface area contributed by atoms with Gasteiger partial charge in [0.15, 0.2) is 0 Å². The van der Waals surface area contributed by atoms with Crippen molar-refractivity contribution in [2.45, 2.75) is 23.9 Å². The van der Waals surface area contributed by atoms with Crippen molar-refractivity contribution in [2.24, 2.45) is 0 Å². The van der Waals surface area contributed by atoms with E-state index < -0.39 is 10.0 Å². The molecule has 3 atom stereocenters. The normalized spacial score (nSPS) is 22.2. The first kappa shape index (κ1) is 17.3. The van der Waals surface area contributed by atoms with E-state index in [1.165, 1.54) is 0 Å². The molecule has 3 aromatic rings. The summed E-state index contributed by atoms with van der Waals surface area (Å²) in [6.07, 6.45) is 0. The van der Waals surface area contributed by atoms with Crippen LogP contribution in [0, 0.1) is 6.92 Å². The third-order valence-electron chi connectivity index (χ3n) is 4.71. The van der Waals surface area contributed by atoms with Gasteiger partial charge in [-0.05, 0) is 42.3 Å². The molecule has 0 N–H and O–H groups in total. The van der Waals surface area contributed by atoms with Crippen molar-refractivity contribution in [1.29, 1.82) is 0 Å². The summed E-state index contributed by atoms with van der Waals surface area (Å²) in [5.41, 5.74) is 2.96. The SMILES string of the molecule is Cc1ccc(S(=O)(=O)N2[C@H](c3ccccc3)[C@H]2c2ccc(Cl)cc2)cc1. The lowest BCUT2D eigenvalue weighted by Crippen LogP contribution is -2.13. The van der Waals surface area contributed by atoms with E-state index in [1.807, 2.05) is 61.5 Å². The van der Waals surface area contributed by atoms with Crippen molar-refractivity contribution in [1.82, 2.24) is 4.31 Å². The van der Waals surface area contributed by atoms with Crippen molar-refractivity contribution in [3.05, 3.63) is 101 Å². The van der Waals surface area contributed by atoms with Gasteiger partial charge in [0.1, 0.15) is 0 Å². The Hall–Kier alpha value is -2.14. The molecule has 1 heterocycles. The van der Waals surface area contributed by atoms with Gasteiger partial charge in [0.25, 0.3) is 0 Å². The number of aryl methyl sites for hydroxylation is 1. The zero-order valence-electron chi connectivity index (χ0n) is 14.2. The summed E-state index contributed by atoms with van der Waals surface area (Å²) in [5.74, 6) is 0. The molecule has 0 saturated carbocycles. The lowest BCUT2D eigenvalue weighted by molar-refractivity contribution is 0.547. The van der Waals surface area contributed by atoms with Crippen LogP contribution in [0.3, 0.4) is 0 Å². The first-order valence-corrected chi connectivity index (χ1v) is 10.2. The average molecular weight is 384 g/mol. The molecule has 3 aromatic carbocycles. The second kappa shape index (κ2) is 6.54. The van der Waals surface area contributed by atoms with E-state index in [0.29, 0.717) is 9.92 Å². The van der Waals surface area contributed by atoms with E-state index in [0.717, 1.165) is 16.7 Å². The smallest absolute Gasteiger partial charge is 0.207 e. The van der Waals surface area contributed by atoms with Crippen LogP contribution < -0.4 is 0 Å². The maximum Gasteiger partial charge on any atom is 0.244 e. The first-order valence-electron chi connectivity index (χ1n) is 8.39. The van der Waals surface area contributed by atoms with E-state index in [4.69, 9.17) is 11.6 Å². The van der Waals surface area contributed by atoms with Gasteiger partial charge in [0.2, 0.25) is 10.0 Å². The minimum atomic E-state index is -3.59. The number of rotatable bonds is 4. The monoisotopic (exact) mass is 383 g/mol. The Balaban J connectivity index is 1.76. The molecule has 5 heteroatoms. The fourth-order valence-corrected chi connectivity index (χ4v) is 5.18. The van der Waals surface area contributed by atoms with E-state index in [9.17, 15) is 8.42 Å². The number of hydrogen-bond donors (Lipinski definition) is 0. The summed E-state index contributed by atoms with van der Waals surface area (Å²) in [6.45, 7) is 1.94. The summed E-state index contributed by atoms with van der Waals surface area (Å²) >= 11 is 6.00. The van der Waals surface area contributed by atoms with Gasteiger partial charge in [0, 0.05) is 5.02 Å². The highest BCUT2D eigenvalue weighted by Gasteiger charge is 2.56. The molecule has 1 aliphatic heterocycles. The maximum absolute atomic E-state index is 13.2. The van der Waals surface area contributed by atoms with Crippen LogP contribution in [0.4, 0.5) is 0 Å². The van der Waals surface area contributed by atoms with Gasteiger partial charge in [0.05, 0.1) is 17.0 Å². The van der Waals surface area contributed by atoms with Gasteiger partial charge in [-0.1, -0.05) is 71.8 Å². The summed E-state index contributed by atoms with van der Waals surface area (Å²) in [7, 11) is -3.59. The van der Waals surface area contributed by atoms with E-state index in [1.54, 1.807) is 28.6 Å². The van der Waals surface area contributed by atoms with Crippen LogP contribution in [0.2, 0.25) is 5.02 Å². The molecule has 132 valence electrons. The van der Waals surface area contributed by atoms with Crippen molar-refractivity contribution in [3.8, 4) is 0 Å². The molecule has 1 saturated heterocycles. The fraction of sp³-hybridized carbons (Fsp3) is 0.143. The first-order chi connectivity index (χ1) is 12.5. The summed E-state index contributed by atoms with van der Waals surface area (Å²) < 4.78 is 28.1. The highest BCUT2D eigenvalue weighted by molar-refractivity contribution is 7.89. The molecular formula is C21H18ClNO2S. The van der Waals surface area contributed by atoms with E-state index in [-0.39, 0.29) is 12.1 Å². The van der Waals surface area contributed by atoms with Crippen LogP contribution in [0.1, 0.15) is 28.8 Å². The van der Waals surface area contributed by atoms with Gasteiger partial charge in [-0.3, -0.25) is 0 Å². The lowest BCUT2D eigenvalue weighted by atomic mass is 10.0. The number of sulfonamides is 1. The molecule has 1 unspecified atom stereocenters. The Morgan fingerprint density at radius 3 is 1.88 bits per heavy atom. The molecule has 0 spiro atoms. The van der Waals surface area contributed by atoms with Gasteiger partial charge < -0.3 is 0 Å². The van der Waals surface area contributed by atoms with Gasteiger partial charge >= 0.3 is 0 Å². The molecule has 0 bridgehead atoms. The molecule has 0 aliphatic carbocycles. The highest BCUT2D eigenvalue weighted by Crippen LogP contribution is 2.57. The molecule has 26 heavy (non-hydrogen) atoms. The van der Waals surface area contributed by atoms with Gasteiger partial charge in [-0.2, -0.15) is 4.31 Å². The van der Waals surface area contributed by atoms with E-state index >= 15 is 0 Å². The molecule has 0 amide bonds. The third-order valence-corrected chi connectivity index (χ3v) is 6.84. The Bertz CT molecular complexity index is 1020. The molecule has 4 rings (SSSR count). The quantitative estimate of drug-likeness (QED) is 0.585. The van der Waals surface area contributed by atoms with Crippen LogP contribution in [-0.4, -0.2) is 12.7 Å². The van der Waals surface area contributed by atoms with Crippen molar-refractivity contribution < 1.29 is 8.42 Å². The Morgan fingerprint density at radius 1 is 0.769 bits per heavy atom. The highest BCUT2D eigenvalue weighted by atomic mass is 35.5. The predicted octanol–water partition coefficient (Wildman–Crippen LogP) is 5.14. The van der Waals surface area contributed by atoms with Crippen LogP contribution >= 0.6 is 11.6 Å². The van der Waals surface area contributed by atoms with Crippen LogP contribution in [0.25, 0.3) is 0 Å². The Kier molecular flexibility index (Phi) is 4.35. The number of hydrogen-bond acceptors (Lipinski definition) is 2. The summed E-state index contributed by atoms with van der Waals surface area (Å²) in [6, 6.07) is 23.7. The van der Waals surface area contributed by atoms with Gasteiger partial charge in [-0.25, -0.2) is 8.42 Å². The Labute approximate surface area is 158 Å². The molecule has 1 fully saturated rings. The number of nitrogens with zero attached hydrogens (tertiary/aromatic N) is 1. The second-order valence-electron chi connectivity index (χ2n) is 6.50. The summed E-state index contributed by atoms with van der Waals surface area (Å²) in [5, 5.41) is 0.638. The third kappa shape index (κ3) is 3.05. The topological polar surface area (TPSA) is 37.1 Å². The molecule has 0 aromatic heterocycles. The molecule has 1 aliphatic rings. The summed E-state index contributed by atoms with van der Waals surface area (Å²) in [4.78, 5) is 0.320. The van der Waals surface area contributed by atoms with E-state index in [2.05, 4.69) is 0 Å². The van der Waals surface area contributed by atoms with Crippen molar-refractivity contribution in [2.75, 3.05) is 0 Å². The molecular weight excluding hydrogens is 366 g/mol. The maximum atomic E-state index is 13.2.